The van der Waals surface area contributed by atoms with Gasteiger partial charge in [-0.15, -0.1) is 0 Å². The summed E-state index contributed by atoms with van der Waals surface area (Å²) in [5.41, 5.74) is 3.53. The van der Waals surface area contributed by atoms with Gasteiger partial charge in [0, 0.05) is 30.7 Å². The van der Waals surface area contributed by atoms with Crippen LogP contribution in [0.4, 0.5) is 5.69 Å². The number of nitrogens with one attached hydrogen (secondary N) is 1. The number of hydrogen-bond donors (Lipinski definition) is 1. The molecule has 2 rings (SSSR count). The number of pyridine rings is 1. The first-order valence-electron chi connectivity index (χ1n) is 4.59. The number of para-hydroxylation sites is 1. The van der Waals surface area contributed by atoms with E-state index in [1.807, 2.05) is 43.7 Å². The molecule has 0 spiro atoms. The topological polar surface area (TPSA) is 24.9 Å². The van der Waals surface area contributed by atoms with E-state index in [0.717, 1.165) is 5.69 Å². The molecular formula is C12H12N2. The van der Waals surface area contributed by atoms with Crippen molar-refractivity contribution in [3.05, 3.63) is 48.8 Å². The third-order valence-electron chi connectivity index (χ3n) is 2.19. The number of rotatable bonds is 2. The van der Waals surface area contributed by atoms with E-state index in [2.05, 4.69) is 22.4 Å². The quantitative estimate of drug-likeness (QED) is 0.776. The first kappa shape index (κ1) is 8.75. The number of anilines is 1. The monoisotopic (exact) mass is 184 g/mol. The van der Waals surface area contributed by atoms with Crippen LogP contribution >= 0.6 is 0 Å². The molecule has 2 heteroatoms. The third kappa shape index (κ3) is 1.59. The van der Waals surface area contributed by atoms with Crippen LogP contribution in [0.1, 0.15) is 0 Å². The summed E-state index contributed by atoms with van der Waals surface area (Å²) >= 11 is 0. The highest BCUT2D eigenvalue weighted by molar-refractivity contribution is 5.77. The van der Waals surface area contributed by atoms with Crippen molar-refractivity contribution in [1.29, 1.82) is 0 Å². The zero-order valence-corrected chi connectivity index (χ0v) is 8.07. The summed E-state index contributed by atoms with van der Waals surface area (Å²) in [5.74, 6) is 0. The van der Waals surface area contributed by atoms with E-state index in [9.17, 15) is 0 Å². The zero-order valence-electron chi connectivity index (χ0n) is 8.07. The van der Waals surface area contributed by atoms with Crippen LogP contribution < -0.4 is 5.32 Å². The molecule has 0 fully saturated rings. The number of hydrogen-bond acceptors (Lipinski definition) is 2. The summed E-state index contributed by atoms with van der Waals surface area (Å²) in [6, 6.07) is 12.2. The highest BCUT2D eigenvalue weighted by Crippen LogP contribution is 2.26. The molecule has 0 amide bonds. The van der Waals surface area contributed by atoms with E-state index in [0.29, 0.717) is 0 Å². The number of nitrogens with zero attached hydrogens (tertiary/aromatic N) is 1. The second kappa shape index (κ2) is 3.92. The molecule has 0 aliphatic rings. The average molecular weight is 184 g/mol. The molecule has 0 aliphatic carbocycles. The predicted octanol–water partition coefficient (Wildman–Crippen LogP) is 2.79. The van der Waals surface area contributed by atoms with Gasteiger partial charge in [-0.25, -0.2) is 0 Å². The molecule has 0 saturated carbocycles. The fraction of sp³-hybridized carbons (Fsp3) is 0.0833. The minimum atomic E-state index is 1.14. The molecule has 0 unspecified atom stereocenters. The van der Waals surface area contributed by atoms with Crippen LogP contribution in [0.5, 0.6) is 0 Å². The molecule has 0 bridgehead atoms. The van der Waals surface area contributed by atoms with Gasteiger partial charge >= 0.3 is 0 Å². The Hall–Kier alpha value is -1.83. The minimum Gasteiger partial charge on any atom is -0.388 e. The Morgan fingerprint density at radius 3 is 2.43 bits per heavy atom. The molecule has 70 valence electrons. The molecular weight excluding hydrogens is 172 g/mol. The SMILES string of the molecule is CNc1ccccc1-c1ccncc1. The molecule has 2 aromatic rings. The normalized spacial score (nSPS) is 9.79. The lowest BCUT2D eigenvalue weighted by Gasteiger charge is -2.07. The summed E-state index contributed by atoms with van der Waals surface area (Å²) in [5, 5.41) is 3.17. The first-order valence-corrected chi connectivity index (χ1v) is 4.59. The van der Waals surface area contributed by atoms with E-state index in [4.69, 9.17) is 0 Å². The lowest BCUT2D eigenvalue weighted by Crippen LogP contribution is -1.91. The fourth-order valence-corrected chi connectivity index (χ4v) is 1.48. The van der Waals surface area contributed by atoms with E-state index >= 15 is 0 Å². The van der Waals surface area contributed by atoms with Crippen molar-refractivity contribution in [2.45, 2.75) is 0 Å². The Balaban J connectivity index is 2.51. The van der Waals surface area contributed by atoms with Crippen LogP contribution in [0, 0.1) is 0 Å². The molecule has 14 heavy (non-hydrogen) atoms. The van der Waals surface area contributed by atoms with Gasteiger partial charge in [0.25, 0.3) is 0 Å². The van der Waals surface area contributed by atoms with Crippen molar-refractivity contribution in [1.82, 2.24) is 4.98 Å². The van der Waals surface area contributed by atoms with E-state index < -0.39 is 0 Å². The lowest BCUT2D eigenvalue weighted by atomic mass is 10.1. The standard InChI is InChI=1S/C12H12N2/c1-13-12-5-3-2-4-11(12)10-6-8-14-9-7-10/h2-9,13H,1H3. The van der Waals surface area contributed by atoms with E-state index in [1.165, 1.54) is 11.1 Å². The van der Waals surface area contributed by atoms with Gasteiger partial charge in [0.15, 0.2) is 0 Å². The van der Waals surface area contributed by atoms with Gasteiger partial charge < -0.3 is 5.32 Å². The number of aromatic nitrogens is 1. The molecule has 1 aromatic carbocycles. The number of benzene rings is 1. The fourth-order valence-electron chi connectivity index (χ4n) is 1.48. The molecule has 1 aromatic heterocycles. The molecule has 1 heterocycles. The van der Waals surface area contributed by atoms with Gasteiger partial charge in [-0.3, -0.25) is 4.98 Å². The van der Waals surface area contributed by atoms with Crippen molar-refractivity contribution >= 4 is 5.69 Å². The van der Waals surface area contributed by atoms with Crippen molar-refractivity contribution in [3.63, 3.8) is 0 Å². The zero-order chi connectivity index (χ0) is 9.80. The molecule has 2 nitrogen and oxygen atoms in total. The predicted molar refractivity (Wildman–Crippen MR) is 59.2 cm³/mol. The molecule has 1 N–H and O–H groups in total. The van der Waals surface area contributed by atoms with E-state index in [1.54, 1.807) is 0 Å². The Morgan fingerprint density at radius 2 is 1.71 bits per heavy atom. The maximum atomic E-state index is 4.01. The summed E-state index contributed by atoms with van der Waals surface area (Å²) < 4.78 is 0. The molecule has 0 saturated heterocycles. The van der Waals surface area contributed by atoms with Gasteiger partial charge in [-0.2, -0.15) is 0 Å². The largest absolute Gasteiger partial charge is 0.388 e. The van der Waals surface area contributed by atoms with Gasteiger partial charge in [0.1, 0.15) is 0 Å². The van der Waals surface area contributed by atoms with Crippen molar-refractivity contribution in [3.8, 4) is 11.1 Å². The smallest absolute Gasteiger partial charge is 0.0417 e. The van der Waals surface area contributed by atoms with Crippen LogP contribution in [0.15, 0.2) is 48.8 Å². The lowest BCUT2D eigenvalue weighted by molar-refractivity contribution is 1.33. The maximum Gasteiger partial charge on any atom is 0.0417 e. The first-order chi connectivity index (χ1) is 6.92. The highest BCUT2D eigenvalue weighted by atomic mass is 14.8. The summed E-state index contributed by atoms with van der Waals surface area (Å²) in [4.78, 5) is 4.01. The van der Waals surface area contributed by atoms with Crippen LogP contribution in [0.3, 0.4) is 0 Å². The summed E-state index contributed by atoms with van der Waals surface area (Å²) in [7, 11) is 1.93. The van der Waals surface area contributed by atoms with Crippen molar-refractivity contribution < 1.29 is 0 Å². The van der Waals surface area contributed by atoms with Crippen molar-refractivity contribution in [2.24, 2.45) is 0 Å². The Bertz CT molecular complexity index is 410. The summed E-state index contributed by atoms with van der Waals surface area (Å²) in [6.07, 6.45) is 3.61. The second-order valence-corrected chi connectivity index (χ2v) is 3.03. The molecule has 0 atom stereocenters. The average Bonchev–Trinajstić information content (AvgIpc) is 2.30. The summed E-state index contributed by atoms with van der Waals surface area (Å²) in [6.45, 7) is 0. The Labute approximate surface area is 83.6 Å². The van der Waals surface area contributed by atoms with E-state index in [-0.39, 0.29) is 0 Å². The van der Waals surface area contributed by atoms with Crippen LogP contribution in [-0.2, 0) is 0 Å². The highest BCUT2D eigenvalue weighted by Gasteiger charge is 2.00. The Kier molecular flexibility index (Phi) is 2.45. The van der Waals surface area contributed by atoms with Gasteiger partial charge in [-0.05, 0) is 23.8 Å². The molecule has 0 aliphatic heterocycles. The van der Waals surface area contributed by atoms with Crippen LogP contribution in [-0.4, -0.2) is 12.0 Å². The van der Waals surface area contributed by atoms with Gasteiger partial charge in [0.2, 0.25) is 0 Å². The van der Waals surface area contributed by atoms with Crippen LogP contribution in [0.2, 0.25) is 0 Å². The minimum absolute atomic E-state index is 1.14. The van der Waals surface area contributed by atoms with Gasteiger partial charge in [0.05, 0.1) is 0 Å². The van der Waals surface area contributed by atoms with Gasteiger partial charge in [-0.1, -0.05) is 18.2 Å². The van der Waals surface area contributed by atoms with Crippen LogP contribution in [0.25, 0.3) is 11.1 Å². The third-order valence-corrected chi connectivity index (χ3v) is 2.19. The maximum absolute atomic E-state index is 4.01. The molecule has 0 radical (unpaired) electrons. The van der Waals surface area contributed by atoms with Crippen molar-refractivity contribution in [2.75, 3.05) is 12.4 Å². The Morgan fingerprint density at radius 1 is 1.00 bits per heavy atom. The second-order valence-electron chi connectivity index (χ2n) is 3.03.